The molecule has 0 saturated heterocycles. The first kappa shape index (κ1) is 22.4. The molecule has 0 N–H and O–H groups in total. The molecule has 0 unspecified atom stereocenters. The van der Waals surface area contributed by atoms with E-state index in [4.69, 9.17) is 0 Å². The Morgan fingerprint density at radius 3 is 2.36 bits per heavy atom. The van der Waals surface area contributed by atoms with Crippen molar-refractivity contribution >= 4 is 27.5 Å². The minimum atomic E-state index is -3.39. The average Bonchev–Trinajstić information content (AvgIpc) is 2.61. The second kappa shape index (κ2) is 9.52. The van der Waals surface area contributed by atoms with Crippen LogP contribution >= 0.6 is 0 Å². The van der Waals surface area contributed by atoms with E-state index in [1.807, 2.05) is 38.1 Å². The van der Waals surface area contributed by atoms with E-state index in [2.05, 4.69) is 0 Å². The lowest BCUT2D eigenvalue weighted by atomic mass is 10.1. The van der Waals surface area contributed by atoms with Gasteiger partial charge in [0.05, 0.1) is 6.26 Å². The molecule has 1 aromatic rings. The van der Waals surface area contributed by atoms with Gasteiger partial charge >= 0.3 is 0 Å². The van der Waals surface area contributed by atoms with Gasteiger partial charge in [0, 0.05) is 51.8 Å². The van der Waals surface area contributed by atoms with E-state index in [1.54, 1.807) is 9.80 Å². The predicted molar refractivity (Wildman–Crippen MR) is 110 cm³/mol. The number of hydrogen-bond donors (Lipinski definition) is 0. The Hall–Kier alpha value is -1.93. The molecular formula is C20H31N3O4S. The SMILES string of the molecule is CC(=O)N1CCCN(S(C)(=O)=O)CCN(C(=O)CC(C)C)Cc2ccccc21. The number of fused-ring (bicyclic) bond motifs is 1. The first-order valence-corrected chi connectivity index (χ1v) is 11.5. The largest absolute Gasteiger partial charge is 0.337 e. The summed E-state index contributed by atoms with van der Waals surface area (Å²) in [6, 6.07) is 7.57. The second-order valence-electron chi connectivity index (χ2n) is 7.73. The highest BCUT2D eigenvalue weighted by Crippen LogP contribution is 2.24. The van der Waals surface area contributed by atoms with E-state index in [-0.39, 0.29) is 24.3 Å². The molecule has 28 heavy (non-hydrogen) atoms. The van der Waals surface area contributed by atoms with Crippen LogP contribution in [-0.4, -0.2) is 61.9 Å². The van der Waals surface area contributed by atoms with Crippen LogP contribution in [0.5, 0.6) is 0 Å². The lowest BCUT2D eigenvalue weighted by Gasteiger charge is -2.28. The maximum atomic E-state index is 12.8. The minimum absolute atomic E-state index is 0.00752. The summed E-state index contributed by atoms with van der Waals surface area (Å²) >= 11 is 0. The van der Waals surface area contributed by atoms with Crippen molar-refractivity contribution in [3.63, 3.8) is 0 Å². The van der Waals surface area contributed by atoms with Crippen molar-refractivity contribution in [2.24, 2.45) is 5.92 Å². The molecule has 8 heteroatoms. The number of rotatable bonds is 3. The molecule has 1 aliphatic heterocycles. The van der Waals surface area contributed by atoms with Crippen molar-refractivity contribution in [2.45, 2.75) is 40.2 Å². The van der Waals surface area contributed by atoms with E-state index in [0.29, 0.717) is 39.0 Å². The predicted octanol–water partition coefficient (Wildman–Crippen LogP) is 2.08. The van der Waals surface area contributed by atoms with E-state index in [9.17, 15) is 18.0 Å². The average molecular weight is 410 g/mol. The van der Waals surface area contributed by atoms with Crippen LogP contribution in [0.2, 0.25) is 0 Å². The Balaban J connectivity index is 2.43. The summed E-state index contributed by atoms with van der Waals surface area (Å²) in [5, 5.41) is 0. The van der Waals surface area contributed by atoms with Crippen molar-refractivity contribution in [3.05, 3.63) is 29.8 Å². The molecule has 156 valence electrons. The molecular weight excluding hydrogens is 378 g/mol. The Kier molecular flexibility index (Phi) is 7.60. The molecule has 0 radical (unpaired) electrons. The van der Waals surface area contributed by atoms with Crippen LogP contribution in [0.4, 0.5) is 5.69 Å². The molecule has 0 aromatic heterocycles. The third-order valence-corrected chi connectivity index (χ3v) is 6.14. The molecule has 0 saturated carbocycles. The zero-order valence-corrected chi connectivity index (χ0v) is 18.0. The topological polar surface area (TPSA) is 78.0 Å². The fraction of sp³-hybridized carbons (Fsp3) is 0.600. The van der Waals surface area contributed by atoms with Crippen LogP contribution in [0.3, 0.4) is 0 Å². The standard InChI is InChI=1S/C20H31N3O4S/c1-16(2)14-20(25)21-12-13-22(28(4,26)27)10-7-11-23(17(3)24)19-9-6-5-8-18(19)15-21/h5-6,8-9,16H,7,10-15H2,1-4H3. The monoisotopic (exact) mass is 409 g/mol. The normalized spacial score (nSPS) is 17.2. The van der Waals surface area contributed by atoms with Gasteiger partial charge < -0.3 is 9.80 Å². The molecule has 2 amide bonds. The van der Waals surface area contributed by atoms with Gasteiger partial charge in [0.15, 0.2) is 0 Å². The van der Waals surface area contributed by atoms with Gasteiger partial charge in [-0.2, -0.15) is 0 Å². The smallest absolute Gasteiger partial charge is 0.223 e. The molecule has 0 aliphatic carbocycles. The molecule has 7 nitrogen and oxygen atoms in total. The van der Waals surface area contributed by atoms with Crippen LogP contribution < -0.4 is 4.90 Å². The maximum Gasteiger partial charge on any atom is 0.223 e. The van der Waals surface area contributed by atoms with Crippen LogP contribution in [0, 0.1) is 5.92 Å². The highest BCUT2D eigenvalue weighted by Gasteiger charge is 2.24. The van der Waals surface area contributed by atoms with Gasteiger partial charge in [-0.1, -0.05) is 32.0 Å². The number of hydrogen-bond acceptors (Lipinski definition) is 4. The Labute approximate surface area is 168 Å². The maximum absolute atomic E-state index is 12.8. The van der Waals surface area contributed by atoms with Crippen molar-refractivity contribution in [1.82, 2.24) is 9.21 Å². The van der Waals surface area contributed by atoms with Crippen LogP contribution in [-0.2, 0) is 26.2 Å². The summed E-state index contributed by atoms with van der Waals surface area (Å²) in [6.07, 6.45) is 2.11. The number of para-hydroxylation sites is 1. The van der Waals surface area contributed by atoms with Crippen molar-refractivity contribution in [1.29, 1.82) is 0 Å². The van der Waals surface area contributed by atoms with Crippen LogP contribution in [0.25, 0.3) is 0 Å². The van der Waals surface area contributed by atoms with Gasteiger partial charge in [-0.3, -0.25) is 9.59 Å². The fourth-order valence-electron chi connectivity index (χ4n) is 3.41. The molecule has 0 bridgehead atoms. The third-order valence-electron chi connectivity index (χ3n) is 4.84. The molecule has 0 atom stereocenters. The van der Waals surface area contributed by atoms with Crippen LogP contribution in [0.1, 0.15) is 39.2 Å². The van der Waals surface area contributed by atoms with Crippen molar-refractivity contribution < 1.29 is 18.0 Å². The molecule has 0 fully saturated rings. The van der Waals surface area contributed by atoms with E-state index >= 15 is 0 Å². The number of amides is 2. The third kappa shape index (κ3) is 6.04. The molecule has 1 aromatic carbocycles. The highest BCUT2D eigenvalue weighted by molar-refractivity contribution is 7.88. The quantitative estimate of drug-likeness (QED) is 0.766. The van der Waals surface area contributed by atoms with Gasteiger partial charge in [0.2, 0.25) is 21.8 Å². The zero-order chi connectivity index (χ0) is 20.9. The van der Waals surface area contributed by atoms with Crippen molar-refractivity contribution in [3.8, 4) is 0 Å². The Bertz CT molecular complexity index is 807. The summed E-state index contributed by atoms with van der Waals surface area (Å²) in [4.78, 5) is 28.5. The molecule has 0 spiro atoms. The fourth-order valence-corrected chi connectivity index (χ4v) is 4.29. The summed E-state index contributed by atoms with van der Waals surface area (Å²) in [5.74, 6) is 0.102. The minimum Gasteiger partial charge on any atom is -0.337 e. The number of carbonyl (C=O) groups is 2. The molecule has 1 heterocycles. The number of sulfonamides is 1. The van der Waals surface area contributed by atoms with Gasteiger partial charge in [-0.05, 0) is 24.0 Å². The first-order chi connectivity index (χ1) is 13.1. The Morgan fingerprint density at radius 1 is 1.07 bits per heavy atom. The van der Waals surface area contributed by atoms with Gasteiger partial charge in [0.25, 0.3) is 0 Å². The van der Waals surface area contributed by atoms with E-state index in [0.717, 1.165) is 11.3 Å². The van der Waals surface area contributed by atoms with Gasteiger partial charge in [-0.25, -0.2) is 12.7 Å². The Morgan fingerprint density at radius 2 is 1.75 bits per heavy atom. The summed E-state index contributed by atoms with van der Waals surface area (Å²) in [6.45, 7) is 7.15. The lowest BCUT2D eigenvalue weighted by molar-refractivity contribution is -0.132. The first-order valence-electron chi connectivity index (χ1n) is 9.68. The number of anilines is 1. The number of benzene rings is 1. The lowest BCUT2D eigenvalue weighted by Crippen LogP contribution is -2.41. The molecule has 1 aliphatic rings. The summed E-state index contributed by atoms with van der Waals surface area (Å²) in [5.41, 5.74) is 1.67. The number of nitrogens with zero attached hydrogens (tertiary/aromatic N) is 3. The molecule has 2 rings (SSSR count). The second-order valence-corrected chi connectivity index (χ2v) is 9.71. The van der Waals surface area contributed by atoms with E-state index in [1.165, 1.54) is 17.5 Å². The highest BCUT2D eigenvalue weighted by atomic mass is 32.2. The van der Waals surface area contributed by atoms with Gasteiger partial charge in [0.1, 0.15) is 0 Å². The number of carbonyl (C=O) groups excluding carboxylic acids is 2. The van der Waals surface area contributed by atoms with Crippen molar-refractivity contribution in [2.75, 3.05) is 37.3 Å². The summed E-state index contributed by atoms with van der Waals surface area (Å²) in [7, 11) is -3.39. The summed E-state index contributed by atoms with van der Waals surface area (Å²) < 4.78 is 25.7. The zero-order valence-electron chi connectivity index (χ0n) is 17.2. The van der Waals surface area contributed by atoms with E-state index < -0.39 is 10.0 Å². The van der Waals surface area contributed by atoms with Crippen LogP contribution in [0.15, 0.2) is 24.3 Å². The van der Waals surface area contributed by atoms with Gasteiger partial charge in [-0.15, -0.1) is 0 Å².